The second-order valence-electron chi connectivity index (χ2n) is 8.76. The van der Waals surface area contributed by atoms with E-state index in [1.807, 2.05) is 0 Å². The molecule has 3 amide bonds. The number of aromatic nitrogens is 4. The summed E-state index contributed by atoms with van der Waals surface area (Å²) in [5.74, 6) is -3.25. The Morgan fingerprint density at radius 3 is 2.66 bits per heavy atom. The highest BCUT2D eigenvalue weighted by atomic mass is 19.1. The van der Waals surface area contributed by atoms with Crippen molar-refractivity contribution in [1.29, 1.82) is 0 Å². The van der Waals surface area contributed by atoms with Crippen LogP contribution in [0.1, 0.15) is 47.3 Å². The van der Waals surface area contributed by atoms with Gasteiger partial charge in [0.05, 0.1) is 18.3 Å². The molecular formula is C22H22FN7O5. The number of benzene rings is 1. The minimum Gasteiger partial charge on any atom is -0.408 e. The third kappa shape index (κ3) is 5.34. The van der Waals surface area contributed by atoms with Crippen LogP contribution in [0.4, 0.5) is 4.39 Å². The number of carbonyl (C=O) groups is 3. The van der Waals surface area contributed by atoms with Crippen LogP contribution in [0.3, 0.4) is 0 Å². The summed E-state index contributed by atoms with van der Waals surface area (Å²) in [7, 11) is 0. The van der Waals surface area contributed by atoms with Gasteiger partial charge < -0.3 is 20.4 Å². The number of nitrogens with one attached hydrogen (secondary N) is 4. The molecule has 182 valence electrons. The van der Waals surface area contributed by atoms with Gasteiger partial charge in [0.2, 0.25) is 5.91 Å². The third-order valence-electron chi connectivity index (χ3n) is 4.75. The van der Waals surface area contributed by atoms with Crippen molar-refractivity contribution < 1.29 is 23.2 Å². The molecule has 35 heavy (non-hydrogen) atoms. The fraction of sp³-hybridized carbons (Fsp3) is 0.273. The molecule has 13 heteroatoms. The predicted octanol–water partition coefficient (Wildman–Crippen LogP) is 0.877. The van der Waals surface area contributed by atoms with Gasteiger partial charge in [-0.3, -0.25) is 19.4 Å². The number of oxazole rings is 1. The summed E-state index contributed by atoms with van der Waals surface area (Å²) in [5, 5.41) is 11.6. The zero-order valence-electron chi connectivity index (χ0n) is 19.1. The number of hydrogen-bond acceptors (Lipinski definition) is 7. The van der Waals surface area contributed by atoms with E-state index in [0.29, 0.717) is 16.7 Å². The summed E-state index contributed by atoms with van der Waals surface area (Å²) in [6.45, 7) is 5.12. The Balaban J connectivity index is 1.52. The highest BCUT2D eigenvalue weighted by molar-refractivity contribution is 5.99. The van der Waals surface area contributed by atoms with Gasteiger partial charge in [0.15, 0.2) is 17.0 Å². The van der Waals surface area contributed by atoms with E-state index in [9.17, 15) is 23.6 Å². The van der Waals surface area contributed by atoms with Crippen molar-refractivity contribution in [2.75, 3.05) is 6.54 Å². The lowest BCUT2D eigenvalue weighted by molar-refractivity contribution is -0.121. The number of rotatable bonds is 6. The number of aromatic amines is 1. The monoisotopic (exact) mass is 483 g/mol. The van der Waals surface area contributed by atoms with E-state index >= 15 is 0 Å². The minimum atomic E-state index is -0.825. The Morgan fingerprint density at radius 1 is 1.14 bits per heavy atom. The van der Waals surface area contributed by atoms with Crippen LogP contribution < -0.4 is 21.7 Å². The Bertz CT molecular complexity index is 1510. The smallest absolute Gasteiger partial charge is 0.408 e. The van der Waals surface area contributed by atoms with Crippen LogP contribution in [0.15, 0.2) is 39.7 Å². The molecular weight excluding hydrogens is 461 g/mol. The Kier molecular flexibility index (Phi) is 6.07. The fourth-order valence-electron chi connectivity index (χ4n) is 3.31. The Morgan fingerprint density at radius 2 is 1.91 bits per heavy atom. The fourth-order valence-corrected chi connectivity index (χ4v) is 3.31. The normalized spacial score (nSPS) is 11.5. The standard InChI is InChI=1S/C22H22FN7O5/c1-22(2,3)29-17(31)10-25-20(33)15-7-14(27-18-12(23)9-26-30(15)18)19(32)24-8-11-4-5-16-13(6-11)28-21(34)35-16/h4-7,9H,8,10H2,1-3H3,(H,24,32)(H,25,33)(H,28,34)(H,29,31). The molecule has 0 aliphatic carbocycles. The van der Waals surface area contributed by atoms with Crippen molar-refractivity contribution in [3.8, 4) is 0 Å². The van der Waals surface area contributed by atoms with Crippen LogP contribution >= 0.6 is 0 Å². The first kappa shape index (κ1) is 23.6. The highest BCUT2D eigenvalue weighted by Crippen LogP contribution is 2.14. The Labute approximate surface area is 196 Å². The van der Waals surface area contributed by atoms with Gasteiger partial charge in [0.1, 0.15) is 11.4 Å². The molecule has 0 unspecified atom stereocenters. The molecule has 0 aliphatic rings. The zero-order chi connectivity index (χ0) is 25.3. The molecule has 0 saturated heterocycles. The van der Waals surface area contributed by atoms with E-state index in [2.05, 4.69) is 31.0 Å². The van der Waals surface area contributed by atoms with Gasteiger partial charge in [0, 0.05) is 18.2 Å². The number of H-pyrrole nitrogens is 1. The molecule has 3 aromatic heterocycles. The average molecular weight is 483 g/mol. The molecule has 0 atom stereocenters. The van der Waals surface area contributed by atoms with Crippen molar-refractivity contribution in [3.05, 3.63) is 63.8 Å². The van der Waals surface area contributed by atoms with Crippen LogP contribution in [0.2, 0.25) is 0 Å². The lowest BCUT2D eigenvalue weighted by Crippen LogP contribution is -2.46. The first-order chi connectivity index (χ1) is 16.5. The van der Waals surface area contributed by atoms with E-state index in [0.717, 1.165) is 16.8 Å². The molecule has 3 heterocycles. The van der Waals surface area contributed by atoms with E-state index in [1.54, 1.807) is 39.0 Å². The zero-order valence-corrected chi connectivity index (χ0v) is 19.1. The molecule has 0 radical (unpaired) electrons. The molecule has 0 saturated carbocycles. The number of fused-ring (bicyclic) bond motifs is 2. The van der Waals surface area contributed by atoms with E-state index in [-0.39, 0.29) is 30.1 Å². The molecule has 4 aromatic rings. The van der Waals surface area contributed by atoms with Gasteiger partial charge >= 0.3 is 5.76 Å². The van der Waals surface area contributed by atoms with Crippen LogP contribution in [-0.2, 0) is 11.3 Å². The molecule has 1 aromatic carbocycles. The molecule has 0 spiro atoms. The SMILES string of the molecule is CC(C)(C)NC(=O)CNC(=O)c1cc(C(=O)NCc2ccc3oc(=O)[nH]c3c2)nc2c(F)cnn12. The maximum atomic E-state index is 14.2. The lowest BCUT2D eigenvalue weighted by atomic mass is 10.1. The maximum Gasteiger partial charge on any atom is 0.417 e. The first-order valence-corrected chi connectivity index (χ1v) is 10.5. The first-order valence-electron chi connectivity index (χ1n) is 10.5. The quantitative estimate of drug-likeness (QED) is 0.316. The van der Waals surface area contributed by atoms with Gasteiger partial charge in [-0.05, 0) is 38.5 Å². The summed E-state index contributed by atoms with van der Waals surface area (Å²) in [4.78, 5) is 55.3. The van der Waals surface area contributed by atoms with E-state index < -0.39 is 34.8 Å². The van der Waals surface area contributed by atoms with Crippen molar-refractivity contribution in [1.82, 2.24) is 35.5 Å². The molecule has 0 aliphatic heterocycles. The van der Waals surface area contributed by atoms with Crippen LogP contribution in [-0.4, -0.2) is 49.4 Å². The topological polar surface area (TPSA) is 163 Å². The molecule has 4 N–H and O–H groups in total. The largest absolute Gasteiger partial charge is 0.417 e. The van der Waals surface area contributed by atoms with Crippen LogP contribution in [0, 0.1) is 5.82 Å². The number of hydrogen-bond donors (Lipinski definition) is 4. The molecule has 0 fully saturated rings. The summed E-state index contributed by atoms with van der Waals surface area (Å²) in [5.41, 5.74) is 0.294. The second-order valence-corrected chi connectivity index (χ2v) is 8.76. The average Bonchev–Trinajstić information content (AvgIpc) is 3.35. The minimum absolute atomic E-state index is 0.0606. The van der Waals surface area contributed by atoms with Crippen molar-refractivity contribution in [2.45, 2.75) is 32.9 Å². The highest BCUT2D eigenvalue weighted by Gasteiger charge is 2.21. The van der Waals surface area contributed by atoms with Crippen LogP contribution in [0.25, 0.3) is 16.7 Å². The summed E-state index contributed by atoms with van der Waals surface area (Å²) < 4.78 is 20.1. The molecule has 12 nitrogen and oxygen atoms in total. The van der Waals surface area contributed by atoms with Crippen molar-refractivity contribution in [2.24, 2.45) is 0 Å². The van der Waals surface area contributed by atoms with Gasteiger partial charge in [0.25, 0.3) is 11.8 Å². The predicted molar refractivity (Wildman–Crippen MR) is 121 cm³/mol. The van der Waals surface area contributed by atoms with Crippen LogP contribution in [0.5, 0.6) is 0 Å². The number of carbonyl (C=O) groups excluding carboxylic acids is 3. The third-order valence-corrected chi connectivity index (χ3v) is 4.75. The van der Waals surface area contributed by atoms with Gasteiger partial charge in [-0.1, -0.05) is 6.07 Å². The molecule has 4 rings (SSSR count). The summed E-state index contributed by atoms with van der Waals surface area (Å²) in [6.07, 6.45) is 0.869. The van der Waals surface area contributed by atoms with Gasteiger partial charge in [-0.25, -0.2) is 18.7 Å². The summed E-state index contributed by atoms with van der Waals surface area (Å²) >= 11 is 0. The number of halogens is 1. The number of amides is 3. The molecule has 0 bridgehead atoms. The van der Waals surface area contributed by atoms with Crippen molar-refractivity contribution in [3.63, 3.8) is 0 Å². The van der Waals surface area contributed by atoms with Gasteiger partial charge in [-0.2, -0.15) is 5.10 Å². The number of nitrogens with zero attached hydrogens (tertiary/aromatic N) is 3. The van der Waals surface area contributed by atoms with E-state index in [4.69, 9.17) is 4.42 Å². The van der Waals surface area contributed by atoms with Gasteiger partial charge in [-0.15, -0.1) is 0 Å². The Hall–Kier alpha value is -4.55. The lowest BCUT2D eigenvalue weighted by Gasteiger charge is -2.20. The van der Waals surface area contributed by atoms with E-state index in [1.165, 1.54) is 0 Å². The summed E-state index contributed by atoms with van der Waals surface area (Å²) in [6, 6.07) is 6.03. The second kappa shape index (κ2) is 9.00. The van der Waals surface area contributed by atoms with Crippen molar-refractivity contribution >= 4 is 34.5 Å². The maximum absolute atomic E-state index is 14.2.